The lowest BCUT2D eigenvalue weighted by molar-refractivity contribution is -0.134. The molecule has 2 N–H and O–H groups in total. The number of rotatable bonds is 5. The molecule has 0 spiro atoms. The van der Waals surface area contributed by atoms with Crippen molar-refractivity contribution in [2.24, 2.45) is 11.7 Å². The minimum absolute atomic E-state index is 0.00740. The van der Waals surface area contributed by atoms with E-state index in [1.807, 2.05) is 37.3 Å². The molecule has 0 radical (unpaired) electrons. The Morgan fingerprint density at radius 1 is 1.32 bits per heavy atom. The van der Waals surface area contributed by atoms with Crippen molar-refractivity contribution in [1.29, 1.82) is 0 Å². The van der Waals surface area contributed by atoms with Crippen molar-refractivity contribution in [2.45, 2.75) is 30.2 Å². The van der Waals surface area contributed by atoms with Crippen LogP contribution in [0.3, 0.4) is 0 Å². The number of benzene rings is 1. The summed E-state index contributed by atoms with van der Waals surface area (Å²) >= 11 is 1.32. The Morgan fingerprint density at radius 2 is 2.08 bits per heavy atom. The van der Waals surface area contributed by atoms with E-state index in [0.29, 0.717) is 18.2 Å². The van der Waals surface area contributed by atoms with Gasteiger partial charge in [-0.05, 0) is 31.9 Å². The number of carbonyl (C=O) groups is 2. The molecule has 25 heavy (non-hydrogen) atoms. The first-order valence-electron chi connectivity index (χ1n) is 8.26. The second-order valence-corrected chi connectivity index (χ2v) is 7.40. The molecule has 132 valence electrons. The van der Waals surface area contributed by atoms with E-state index in [0.717, 1.165) is 18.5 Å². The van der Waals surface area contributed by atoms with Gasteiger partial charge in [-0.1, -0.05) is 30.0 Å². The Bertz CT molecular complexity index is 749. The summed E-state index contributed by atoms with van der Waals surface area (Å²) < 4.78 is 1.68. The smallest absolute Gasteiger partial charge is 0.235 e. The minimum Gasteiger partial charge on any atom is -0.369 e. The van der Waals surface area contributed by atoms with E-state index in [-0.39, 0.29) is 23.0 Å². The van der Waals surface area contributed by atoms with Crippen LogP contribution in [0.15, 0.2) is 41.8 Å². The second-order valence-electron chi connectivity index (χ2n) is 6.09. The predicted octanol–water partition coefficient (Wildman–Crippen LogP) is 1.47. The number of nitrogens with zero attached hydrogens (tertiary/aromatic N) is 4. The van der Waals surface area contributed by atoms with Gasteiger partial charge in [0.05, 0.1) is 16.9 Å². The summed E-state index contributed by atoms with van der Waals surface area (Å²) in [6, 6.07) is 9.68. The normalized spacial score (nSPS) is 18.8. The van der Waals surface area contributed by atoms with Crippen molar-refractivity contribution in [3.05, 3.63) is 36.7 Å². The number of carbonyl (C=O) groups excluding carboxylic acids is 2. The van der Waals surface area contributed by atoms with Crippen LogP contribution in [-0.4, -0.2) is 49.8 Å². The topological polar surface area (TPSA) is 94.1 Å². The van der Waals surface area contributed by atoms with Gasteiger partial charge in [0.1, 0.15) is 6.33 Å². The van der Waals surface area contributed by atoms with E-state index < -0.39 is 0 Å². The minimum atomic E-state index is -0.332. The summed E-state index contributed by atoms with van der Waals surface area (Å²) in [7, 11) is 0. The molecule has 2 heterocycles. The zero-order valence-electron chi connectivity index (χ0n) is 14.0. The number of aromatic nitrogens is 3. The Labute approximate surface area is 150 Å². The van der Waals surface area contributed by atoms with Gasteiger partial charge < -0.3 is 10.6 Å². The molecule has 2 aromatic rings. The lowest BCUT2D eigenvalue weighted by atomic mass is 9.97. The zero-order chi connectivity index (χ0) is 17.8. The van der Waals surface area contributed by atoms with E-state index >= 15 is 0 Å². The summed E-state index contributed by atoms with van der Waals surface area (Å²) in [4.78, 5) is 30.0. The van der Waals surface area contributed by atoms with Crippen molar-refractivity contribution < 1.29 is 9.59 Å². The molecule has 1 aromatic carbocycles. The van der Waals surface area contributed by atoms with E-state index in [1.165, 1.54) is 11.8 Å². The highest BCUT2D eigenvalue weighted by Crippen LogP contribution is 2.24. The van der Waals surface area contributed by atoms with Crippen molar-refractivity contribution >= 4 is 23.6 Å². The molecular weight excluding hydrogens is 338 g/mol. The largest absolute Gasteiger partial charge is 0.369 e. The molecule has 2 atom stereocenters. The van der Waals surface area contributed by atoms with Crippen LogP contribution in [-0.2, 0) is 9.59 Å². The van der Waals surface area contributed by atoms with E-state index in [1.54, 1.807) is 15.9 Å². The van der Waals surface area contributed by atoms with Crippen LogP contribution in [0.5, 0.6) is 0 Å². The van der Waals surface area contributed by atoms with E-state index in [2.05, 4.69) is 10.1 Å². The summed E-state index contributed by atoms with van der Waals surface area (Å²) in [5, 5.41) is 4.64. The number of hydrogen-bond acceptors (Lipinski definition) is 5. The maximum absolute atomic E-state index is 12.6. The number of primary amides is 1. The highest BCUT2D eigenvalue weighted by Gasteiger charge is 2.30. The number of piperidine rings is 1. The Morgan fingerprint density at radius 3 is 2.80 bits per heavy atom. The van der Waals surface area contributed by atoms with Crippen LogP contribution in [0, 0.1) is 5.92 Å². The number of hydrogen-bond donors (Lipinski definition) is 1. The summed E-state index contributed by atoms with van der Waals surface area (Å²) in [5.74, 6) is -0.585. The molecule has 3 rings (SSSR count). The van der Waals surface area contributed by atoms with Crippen molar-refractivity contribution in [3.8, 4) is 5.69 Å². The first-order valence-corrected chi connectivity index (χ1v) is 9.14. The van der Waals surface area contributed by atoms with Gasteiger partial charge in [0.25, 0.3) is 0 Å². The van der Waals surface area contributed by atoms with Gasteiger partial charge in [-0.3, -0.25) is 9.59 Å². The maximum Gasteiger partial charge on any atom is 0.235 e. The Kier molecular flexibility index (Phi) is 5.37. The molecule has 0 aliphatic carbocycles. The van der Waals surface area contributed by atoms with Gasteiger partial charge >= 0.3 is 0 Å². The van der Waals surface area contributed by atoms with Gasteiger partial charge in [0, 0.05) is 13.1 Å². The van der Waals surface area contributed by atoms with Gasteiger partial charge in [-0.25, -0.2) is 9.67 Å². The Hall–Kier alpha value is -2.35. The van der Waals surface area contributed by atoms with Crippen molar-refractivity contribution in [2.75, 3.05) is 13.1 Å². The molecule has 1 aliphatic rings. The molecule has 0 bridgehead atoms. The third-order valence-corrected chi connectivity index (χ3v) is 5.21. The van der Waals surface area contributed by atoms with Crippen molar-refractivity contribution in [1.82, 2.24) is 19.7 Å². The lowest BCUT2D eigenvalue weighted by Gasteiger charge is -2.32. The molecule has 0 saturated carbocycles. The van der Waals surface area contributed by atoms with Crippen molar-refractivity contribution in [3.63, 3.8) is 0 Å². The molecular formula is C17H21N5O2S. The van der Waals surface area contributed by atoms with Crippen LogP contribution in [0.1, 0.15) is 19.8 Å². The third kappa shape index (κ3) is 4.19. The number of nitrogens with two attached hydrogens (primary N) is 1. The maximum atomic E-state index is 12.6. The molecule has 7 nitrogen and oxygen atoms in total. The standard InChI is InChI=1S/C17H21N5O2S/c1-12(16(24)21-9-5-6-13(10-21)15(18)23)25-17-19-11-22(20-17)14-7-3-2-4-8-14/h2-4,7-8,11-13H,5-6,9-10H2,1H3,(H2,18,23). The van der Waals surface area contributed by atoms with Crippen LogP contribution >= 0.6 is 11.8 Å². The quantitative estimate of drug-likeness (QED) is 0.816. The van der Waals surface area contributed by atoms with Crippen LogP contribution < -0.4 is 5.73 Å². The number of amides is 2. The van der Waals surface area contributed by atoms with Gasteiger partial charge in [-0.2, -0.15) is 0 Å². The Balaban J connectivity index is 1.62. The molecule has 2 amide bonds. The summed E-state index contributed by atoms with van der Waals surface area (Å²) in [5.41, 5.74) is 6.30. The van der Waals surface area contributed by atoms with Crippen LogP contribution in [0.25, 0.3) is 5.69 Å². The van der Waals surface area contributed by atoms with Gasteiger partial charge in [0.15, 0.2) is 0 Å². The average molecular weight is 359 g/mol. The number of para-hydroxylation sites is 1. The first kappa shape index (κ1) is 17.5. The van der Waals surface area contributed by atoms with Crippen LogP contribution in [0.4, 0.5) is 0 Å². The van der Waals surface area contributed by atoms with E-state index in [4.69, 9.17) is 5.73 Å². The lowest BCUT2D eigenvalue weighted by Crippen LogP contribution is -2.46. The SMILES string of the molecule is CC(Sc1ncn(-c2ccccc2)n1)C(=O)N1CCCC(C(N)=O)C1. The molecule has 1 aliphatic heterocycles. The molecule has 8 heteroatoms. The van der Waals surface area contributed by atoms with Crippen LogP contribution in [0.2, 0.25) is 0 Å². The molecule has 1 saturated heterocycles. The monoisotopic (exact) mass is 359 g/mol. The highest BCUT2D eigenvalue weighted by atomic mass is 32.2. The fraction of sp³-hybridized carbons (Fsp3) is 0.412. The van der Waals surface area contributed by atoms with Gasteiger partial charge in [0.2, 0.25) is 17.0 Å². The van der Waals surface area contributed by atoms with Gasteiger partial charge in [-0.15, -0.1) is 5.10 Å². The second kappa shape index (κ2) is 7.69. The predicted molar refractivity (Wildman–Crippen MR) is 95.2 cm³/mol. The number of likely N-dealkylation sites (tertiary alicyclic amines) is 1. The fourth-order valence-corrected chi connectivity index (χ4v) is 3.69. The first-order chi connectivity index (χ1) is 12.0. The average Bonchev–Trinajstić information content (AvgIpc) is 3.10. The zero-order valence-corrected chi connectivity index (χ0v) is 14.9. The summed E-state index contributed by atoms with van der Waals surface area (Å²) in [6.07, 6.45) is 3.19. The molecule has 1 fully saturated rings. The molecule has 2 unspecified atom stereocenters. The molecule has 1 aromatic heterocycles. The van der Waals surface area contributed by atoms with E-state index in [9.17, 15) is 9.59 Å². The number of thioether (sulfide) groups is 1. The summed E-state index contributed by atoms with van der Waals surface area (Å²) in [6.45, 7) is 2.91. The fourth-order valence-electron chi connectivity index (χ4n) is 2.88. The third-order valence-electron chi connectivity index (χ3n) is 4.26. The highest BCUT2D eigenvalue weighted by molar-refractivity contribution is 8.00.